The average molecular weight is 229 g/mol. The van der Waals surface area contributed by atoms with E-state index in [0.29, 0.717) is 17.7 Å². The first-order valence-corrected chi connectivity index (χ1v) is 5.02. The molecular weight excluding hydrogens is 219 g/mol. The van der Waals surface area contributed by atoms with E-state index in [1.54, 1.807) is 12.1 Å². The van der Waals surface area contributed by atoms with Crippen LogP contribution in [0.1, 0.15) is 22.3 Å². The number of benzene rings is 1. The molecule has 0 saturated heterocycles. The third-order valence-corrected chi connectivity index (χ3v) is 2.96. The van der Waals surface area contributed by atoms with Crippen molar-refractivity contribution in [1.29, 1.82) is 0 Å². The third kappa shape index (κ3) is 1.72. The van der Waals surface area contributed by atoms with Crippen LogP contribution in [0.3, 0.4) is 0 Å². The van der Waals surface area contributed by atoms with Crippen LogP contribution in [-0.2, 0) is 6.42 Å². The van der Waals surface area contributed by atoms with Crippen molar-refractivity contribution in [2.45, 2.75) is 18.0 Å². The summed E-state index contributed by atoms with van der Waals surface area (Å²) in [5, 5.41) is -2.25. The Morgan fingerprint density at radius 2 is 2.27 bits per heavy atom. The maximum Gasteiger partial charge on any atom is 0.246 e. The van der Waals surface area contributed by atoms with Crippen LogP contribution in [0.25, 0.3) is 0 Å². The molecule has 0 radical (unpaired) electrons. The summed E-state index contributed by atoms with van der Waals surface area (Å²) in [6.45, 7) is 0. The van der Waals surface area contributed by atoms with Crippen LogP contribution in [0.15, 0.2) is 18.2 Å². The minimum Gasteiger partial charge on any atom is -0.497 e. The number of hydrogen-bond donors (Lipinski definition) is 0. The minimum atomic E-state index is -2.25. The van der Waals surface area contributed by atoms with Crippen molar-refractivity contribution in [2.75, 3.05) is 7.11 Å². The molecule has 0 aromatic heterocycles. The molecular formula is C11H10ClFO2. The Morgan fingerprint density at radius 3 is 2.93 bits per heavy atom. The molecule has 0 saturated carbocycles. The van der Waals surface area contributed by atoms with Gasteiger partial charge >= 0.3 is 0 Å². The predicted molar refractivity (Wildman–Crippen MR) is 55.3 cm³/mol. The number of ketones is 1. The Bertz CT molecular complexity index is 415. The Labute approximate surface area is 92.0 Å². The highest BCUT2D eigenvalue weighted by Gasteiger charge is 2.41. The first-order valence-electron chi connectivity index (χ1n) is 4.64. The second kappa shape index (κ2) is 3.49. The molecule has 2 nitrogen and oxygen atoms in total. The van der Waals surface area contributed by atoms with Gasteiger partial charge in [-0.3, -0.25) is 4.79 Å². The quantitative estimate of drug-likeness (QED) is 0.691. The van der Waals surface area contributed by atoms with Crippen molar-refractivity contribution in [2.24, 2.45) is 0 Å². The number of halogens is 2. The lowest BCUT2D eigenvalue weighted by atomic mass is 9.89. The molecule has 0 aliphatic heterocycles. The summed E-state index contributed by atoms with van der Waals surface area (Å²) >= 11 is 5.49. The van der Waals surface area contributed by atoms with Crippen LogP contribution >= 0.6 is 11.6 Å². The van der Waals surface area contributed by atoms with Crippen molar-refractivity contribution in [3.8, 4) is 5.75 Å². The van der Waals surface area contributed by atoms with Crippen LogP contribution in [0, 0.1) is 0 Å². The molecule has 80 valence electrons. The molecule has 0 fully saturated rings. The SMILES string of the molecule is COc1ccc2c(c1)C(=O)C(F)(Cl)CC2. The number of ether oxygens (including phenoxy) is 1. The van der Waals surface area contributed by atoms with Crippen LogP contribution in [-0.4, -0.2) is 18.0 Å². The number of methoxy groups -OCH3 is 1. The summed E-state index contributed by atoms with van der Waals surface area (Å²) in [6, 6.07) is 5.07. The summed E-state index contributed by atoms with van der Waals surface area (Å²) in [7, 11) is 1.50. The normalized spacial score (nSPS) is 24.9. The van der Waals surface area contributed by atoms with Gasteiger partial charge in [0.15, 0.2) is 0 Å². The maximum absolute atomic E-state index is 13.6. The van der Waals surface area contributed by atoms with Gasteiger partial charge in [0, 0.05) is 12.0 Å². The number of alkyl halides is 2. The predicted octanol–water partition coefficient (Wildman–Crippen LogP) is 2.73. The van der Waals surface area contributed by atoms with Gasteiger partial charge in [-0.25, -0.2) is 4.39 Å². The molecule has 1 aliphatic rings. The van der Waals surface area contributed by atoms with E-state index in [-0.39, 0.29) is 6.42 Å². The Hall–Kier alpha value is -1.09. The van der Waals surface area contributed by atoms with E-state index >= 15 is 0 Å². The van der Waals surface area contributed by atoms with Crippen molar-refractivity contribution in [3.63, 3.8) is 0 Å². The Balaban J connectivity index is 2.49. The number of aryl methyl sites for hydroxylation is 1. The number of rotatable bonds is 1. The summed E-state index contributed by atoms with van der Waals surface area (Å²) in [5.41, 5.74) is 1.16. The summed E-state index contributed by atoms with van der Waals surface area (Å²) < 4.78 is 18.5. The van der Waals surface area contributed by atoms with E-state index in [4.69, 9.17) is 16.3 Å². The van der Waals surface area contributed by atoms with E-state index in [0.717, 1.165) is 5.56 Å². The molecule has 1 aromatic rings. The van der Waals surface area contributed by atoms with Crippen LogP contribution in [0.4, 0.5) is 4.39 Å². The maximum atomic E-state index is 13.6. The lowest BCUT2D eigenvalue weighted by Gasteiger charge is -2.24. The van der Waals surface area contributed by atoms with E-state index in [1.807, 2.05) is 0 Å². The second-order valence-corrected chi connectivity index (χ2v) is 4.16. The lowest BCUT2D eigenvalue weighted by Crippen LogP contribution is -2.33. The molecule has 2 rings (SSSR count). The average Bonchev–Trinajstić information content (AvgIpc) is 2.24. The fourth-order valence-corrected chi connectivity index (χ4v) is 1.91. The zero-order valence-electron chi connectivity index (χ0n) is 8.22. The van der Waals surface area contributed by atoms with Crippen LogP contribution in [0.5, 0.6) is 5.75 Å². The molecule has 0 heterocycles. The molecule has 4 heteroatoms. The molecule has 0 bridgehead atoms. The van der Waals surface area contributed by atoms with E-state index in [9.17, 15) is 9.18 Å². The smallest absolute Gasteiger partial charge is 0.246 e. The van der Waals surface area contributed by atoms with Gasteiger partial charge in [0.05, 0.1) is 7.11 Å². The molecule has 0 N–H and O–H groups in total. The van der Waals surface area contributed by atoms with Crippen molar-refractivity contribution < 1.29 is 13.9 Å². The van der Waals surface area contributed by atoms with Gasteiger partial charge < -0.3 is 4.74 Å². The monoisotopic (exact) mass is 228 g/mol. The van der Waals surface area contributed by atoms with Crippen LogP contribution in [0.2, 0.25) is 0 Å². The third-order valence-electron chi connectivity index (χ3n) is 2.60. The molecule has 0 spiro atoms. The van der Waals surface area contributed by atoms with Gasteiger partial charge in [0.1, 0.15) is 5.75 Å². The topological polar surface area (TPSA) is 26.3 Å². The molecule has 1 aliphatic carbocycles. The summed E-state index contributed by atoms with van der Waals surface area (Å²) in [5.74, 6) is -0.124. The summed E-state index contributed by atoms with van der Waals surface area (Å²) in [4.78, 5) is 11.6. The zero-order chi connectivity index (χ0) is 11.1. The first-order chi connectivity index (χ1) is 7.04. The van der Waals surface area contributed by atoms with Gasteiger partial charge in [0.25, 0.3) is 0 Å². The van der Waals surface area contributed by atoms with Gasteiger partial charge in [0.2, 0.25) is 10.9 Å². The van der Waals surface area contributed by atoms with Crippen molar-refractivity contribution >= 4 is 17.4 Å². The number of carbonyl (C=O) groups is 1. The standard InChI is InChI=1S/C11H10ClFO2/c1-15-8-3-2-7-4-5-11(12,13)10(14)9(7)6-8/h2-3,6H,4-5H2,1H3. The fourth-order valence-electron chi connectivity index (χ4n) is 1.71. The van der Waals surface area contributed by atoms with Crippen LogP contribution < -0.4 is 4.74 Å². The zero-order valence-corrected chi connectivity index (χ0v) is 8.97. The Kier molecular flexibility index (Phi) is 2.43. The number of fused-ring (bicyclic) bond motifs is 1. The fraction of sp³-hybridized carbons (Fsp3) is 0.364. The first kappa shape index (κ1) is 10.4. The molecule has 1 unspecified atom stereocenters. The minimum absolute atomic E-state index is 0.0344. The molecule has 1 atom stereocenters. The molecule has 15 heavy (non-hydrogen) atoms. The highest BCUT2D eigenvalue weighted by atomic mass is 35.5. The van der Waals surface area contributed by atoms with E-state index < -0.39 is 10.9 Å². The number of hydrogen-bond acceptors (Lipinski definition) is 2. The lowest BCUT2D eigenvalue weighted by molar-refractivity contribution is 0.0801. The largest absolute Gasteiger partial charge is 0.497 e. The highest BCUT2D eigenvalue weighted by Crippen LogP contribution is 2.36. The van der Waals surface area contributed by atoms with Gasteiger partial charge in [-0.1, -0.05) is 17.7 Å². The van der Waals surface area contributed by atoms with Gasteiger partial charge in [-0.2, -0.15) is 0 Å². The van der Waals surface area contributed by atoms with Crippen molar-refractivity contribution in [1.82, 2.24) is 0 Å². The number of carbonyl (C=O) groups excluding carboxylic acids is 1. The van der Waals surface area contributed by atoms with Gasteiger partial charge in [-0.15, -0.1) is 0 Å². The Morgan fingerprint density at radius 1 is 1.53 bits per heavy atom. The summed E-state index contributed by atoms with van der Waals surface area (Å²) in [6.07, 6.45) is 0.512. The van der Waals surface area contributed by atoms with E-state index in [1.165, 1.54) is 13.2 Å². The highest BCUT2D eigenvalue weighted by molar-refractivity contribution is 6.37. The van der Waals surface area contributed by atoms with Crippen molar-refractivity contribution in [3.05, 3.63) is 29.3 Å². The number of Topliss-reactive ketones (excluding diaryl/α,β-unsaturated/α-hetero) is 1. The van der Waals surface area contributed by atoms with Gasteiger partial charge in [-0.05, 0) is 24.1 Å². The second-order valence-electron chi connectivity index (χ2n) is 3.56. The molecule has 0 amide bonds. The van der Waals surface area contributed by atoms with E-state index in [2.05, 4.69) is 0 Å². The molecule has 1 aromatic carbocycles.